The summed E-state index contributed by atoms with van der Waals surface area (Å²) < 4.78 is 2.93. The Balaban J connectivity index is 2.69. The van der Waals surface area contributed by atoms with Crippen molar-refractivity contribution in [2.75, 3.05) is 6.61 Å². The van der Waals surface area contributed by atoms with Crippen molar-refractivity contribution >= 4 is 22.6 Å². The molecule has 0 radical (unpaired) electrons. The first-order valence-electron chi connectivity index (χ1n) is 3.05. The van der Waals surface area contributed by atoms with Gasteiger partial charge in [-0.15, -0.1) is 0 Å². The predicted molar refractivity (Wildman–Crippen MR) is 42.9 cm³/mol. The van der Waals surface area contributed by atoms with Crippen molar-refractivity contribution in [3.8, 4) is 0 Å². The summed E-state index contributed by atoms with van der Waals surface area (Å²) in [6, 6.07) is 0. The zero-order valence-corrected chi connectivity index (χ0v) is 7.67. The van der Waals surface area contributed by atoms with Gasteiger partial charge in [-0.05, 0) is 22.6 Å². The third-order valence-electron chi connectivity index (χ3n) is 1.57. The molecule has 1 saturated heterocycles. The highest BCUT2D eigenvalue weighted by molar-refractivity contribution is 14.1. The molecule has 11 heavy (non-hydrogen) atoms. The zero-order chi connectivity index (χ0) is 8.65. The Bertz CT molecular complexity index is 150. The van der Waals surface area contributed by atoms with Gasteiger partial charge in [0.2, 0.25) is 3.79 Å². The average Bonchev–Trinajstić information content (AvgIpc) is 2.13. The molecule has 0 aromatic carbocycles. The molecule has 1 heterocycles. The zero-order valence-electron chi connectivity index (χ0n) is 5.51. The maximum absolute atomic E-state index is 9.18. The molecule has 0 bridgehead atoms. The minimum atomic E-state index is -1.79. The van der Waals surface area contributed by atoms with E-state index >= 15 is 0 Å². The van der Waals surface area contributed by atoms with Crippen LogP contribution in [0.3, 0.4) is 0 Å². The molecule has 5 nitrogen and oxygen atoms in total. The summed E-state index contributed by atoms with van der Waals surface area (Å²) in [6.45, 7) is -0.427. The van der Waals surface area contributed by atoms with Crippen LogP contribution in [0.5, 0.6) is 0 Å². The molecular weight excluding hydrogens is 267 g/mol. The summed E-state index contributed by atoms with van der Waals surface area (Å²) in [5.41, 5.74) is 0. The molecule has 0 saturated carbocycles. The minimum Gasteiger partial charge on any atom is -0.394 e. The van der Waals surface area contributed by atoms with Crippen LogP contribution >= 0.6 is 22.6 Å². The third kappa shape index (κ3) is 1.65. The fourth-order valence-electron chi connectivity index (χ4n) is 0.911. The van der Waals surface area contributed by atoms with Crippen molar-refractivity contribution in [1.29, 1.82) is 0 Å². The summed E-state index contributed by atoms with van der Waals surface area (Å²) in [7, 11) is 0. The number of rotatable bonds is 1. The lowest BCUT2D eigenvalue weighted by Crippen LogP contribution is -2.38. The molecule has 0 aliphatic carbocycles. The van der Waals surface area contributed by atoms with E-state index < -0.39 is 28.7 Å². The summed E-state index contributed by atoms with van der Waals surface area (Å²) in [4.78, 5) is 0. The first-order valence-corrected chi connectivity index (χ1v) is 4.13. The fraction of sp³-hybridized carbons (Fsp3) is 1.00. The number of aliphatic hydroxyl groups excluding tert-OH is 3. The van der Waals surface area contributed by atoms with Crippen molar-refractivity contribution in [3.05, 3.63) is 0 Å². The van der Waals surface area contributed by atoms with Gasteiger partial charge in [0, 0.05) is 0 Å². The maximum Gasteiger partial charge on any atom is 0.248 e. The Morgan fingerprint density at radius 3 is 2.18 bits per heavy atom. The number of ether oxygens (including phenoxy) is 1. The van der Waals surface area contributed by atoms with E-state index in [4.69, 9.17) is 20.1 Å². The van der Waals surface area contributed by atoms with Gasteiger partial charge in [-0.25, -0.2) is 0 Å². The van der Waals surface area contributed by atoms with Gasteiger partial charge in [-0.1, -0.05) is 0 Å². The highest BCUT2D eigenvalue weighted by Crippen LogP contribution is 2.34. The van der Waals surface area contributed by atoms with Crippen LogP contribution in [0.1, 0.15) is 0 Å². The molecule has 1 aliphatic rings. The molecule has 0 aromatic heterocycles. The third-order valence-corrected chi connectivity index (χ3v) is 2.46. The van der Waals surface area contributed by atoms with E-state index in [1.165, 1.54) is 22.6 Å². The van der Waals surface area contributed by atoms with Crippen LogP contribution in [0.25, 0.3) is 0 Å². The average molecular weight is 276 g/mol. The normalized spacial score (nSPS) is 51.5. The highest BCUT2D eigenvalue weighted by Gasteiger charge is 2.51. The fourth-order valence-corrected chi connectivity index (χ4v) is 1.61. The summed E-state index contributed by atoms with van der Waals surface area (Å²) >= 11 is 1.46. The lowest BCUT2D eigenvalue weighted by Gasteiger charge is -2.17. The lowest BCUT2D eigenvalue weighted by atomic mass is 10.1. The van der Waals surface area contributed by atoms with E-state index in [1.54, 1.807) is 0 Å². The Kier molecular flexibility index (Phi) is 2.72. The van der Waals surface area contributed by atoms with Gasteiger partial charge in [-0.3, -0.25) is 0 Å². The molecule has 0 aromatic rings. The summed E-state index contributed by atoms with van der Waals surface area (Å²) in [5.74, 6) is 0. The van der Waals surface area contributed by atoms with E-state index in [9.17, 15) is 5.11 Å². The number of halogens is 1. The monoisotopic (exact) mass is 276 g/mol. The van der Waals surface area contributed by atoms with Gasteiger partial charge in [0.05, 0.1) is 6.61 Å². The molecule has 1 rings (SSSR count). The van der Waals surface area contributed by atoms with E-state index in [1.807, 2.05) is 0 Å². The summed E-state index contributed by atoms with van der Waals surface area (Å²) in [6.07, 6.45) is -3.52. The quantitative estimate of drug-likeness (QED) is 0.334. The molecule has 1 fully saturated rings. The van der Waals surface area contributed by atoms with Gasteiger partial charge in [0.15, 0.2) is 0 Å². The molecule has 4 atom stereocenters. The number of alkyl halides is 1. The highest BCUT2D eigenvalue weighted by atomic mass is 127. The van der Waals surface area contributed by atoms with Crippen LogP contribution in [0.15, 0.2) is 0 Å². The van der Waals surface area contributed by atoms with Crippen LogP contribution in [-0.4, -0.2) is 49.1 Å². The second-order valence-corrected chi connectivity index (χ2v) is 3.93. The molecule has 0 spiro atoms. The van der Waals surface area contributed by atoms with E-state index in [0.29, 0.717) is 0 Å². The van der Waals surface area contributed by atoms with Gasteiger partial charge >= 0.3 is 0 Å². The Morgan fingerprint density at radius 1 is 1.45 bits per heavy atom. The van der Waals surface area contributed by atoms with Crippen molar-refractivity contribution in [2.24, 2.45) is 0 Å². The van der Waals surface area contributed by atoms with E-state index in [2.05, 4.69) is 0 Å². The molecule has 4 N–H and O–H groups in total. The van der Waals surface area contributed by atoms with Crippen molar-refractivity contribution < 1.29 is 25.2 Å². The Morgan fingerprint density at radius 2 is 2.00 bits per heavy atom. The van der Waals surface area contributed by atoms with Gasteiger partial charge < -0.3 is 25.2 Å². The van der Waals surface area contributed by atoms with Crippen molar-refractivity contribution in [2.45, 2.75) is 22.1 Å². The second kappa shape index (κ2) is 3.11. The number of aliphatic hydroxyl groups is 4. The standard InChI is InChI=1S/C5H9IO5/c6-5(10)4(9)3(8)2(1-7)11-5/h2-4,7-10H,1H2/t2-,3-,4-,5?/m1/s1. The van der Waals surface area contributed by atoms with Gasteiger partial charge in [-0.2, -0.15) is 0 Å². The molecule has 1 aliphatic heterocycles. The second-order valence-electron chi connectivity index (χ2n) is 2.38. The molecule has 66 valence electrons. The molecule has 0 amide bonds. The SMILES string of the molecule is OC[C@H]1OC(O)(I)[C@H](O)[C@@H]1O. The number of hydrogen-bond acceptors (Lipinski definition) is 5. The molecular formula is C5H9IO5. The van der Waals surface area contributed by atoms with E-state index in [0.717, 1.165) is 0 Å². The lowest BCUT2D eigenvalue weighted by molar-refractivity contribution is -0.147. The topological polar surface area (TPSA) is 90.2 Å². The summed E-state index contributed by atoms with van der Waals surface area (Å²) in [5, 5.41) is 35.9. The minimum absolute atomic E-state index is 0.427. The number of hydrogen-bond donors (Lipinski definition) is 4. The predicted octanol–water partition coefficient (Wildman–Crippen LogP) is -1.82. The Labute approximate surface area is 76.7 Å². The molecule has 1 unspecified atom stereocenters. The first kappa shape index (κ1) is 9.62. The maximum atomic E-state index is 9.18. The van der Waals surface area contributed by atoms with Gasteiger partial charge in [0.1, 0.15) is 18.3 Å². The van der Waals surface area contributed by atoms with Crippen molar-refractivity contribution in [1.82, 2.24) is 0 Å². The smallest absolute Gasteiger partial charge is 0.248 e. The first-order chi connectivity index (χ1) is 4.99. The van der Waals surface area contributed by atoms with Crippen LogP contribution in [0.2, 0.25) is 0 Å². The Hall–Kier alpha value is 0.530. The molecule has 6 heteroatoms. The largest absolute Gasteiger partial charge is 0.394 e. The van der Waals surface area contributed by atoms with Gasteiger partial charge in [0.25, 0.3) is 0 Å². The van der Waals surface area contributed by atoms with Crippen LogP contribution in [0, 0.1) is 0 Å². The van der Waals surface area contributed by atoms with Crippen molar-refractivity contribution in [3.63, 3.8) is 0 Å². The van der Waals surface area contributed by atoms with Crippen LogP contribution in [0.4, 0.5) is 0 Å². The van der Waals surface area contributed by atoms with Crippen LogP contribution < -0.4 is 0 Å². The van der Waals surface area contributed by atoms with Crippen LogP contribution in [-0.2, 0) is 4.74 Å². The van der Waals surface area contributed by atoms with E-state index in [-0.39, 0.29) is 0 Å².